The molecule has 7 nitrogen and oxygen atoms in total. The minimum absolute atomic E-state index is 0.0580. The number of carboxylic acids is 1. The summed E-state index contributed by atoms with van der Waals surface area (Å²) in [6.07, 6.45) is 4.96. The quantitative estimate of drug-likeness (QED) is 0.638. The Morgan fingerprint density at radius 3 is 2.81 bits per heavy atom. The standard InChI is InChI=1S/C14H17N3O4/c18-14(19)11-3-4-12(17(20)21)13(16-11)15-7-10-6-8-1-2-9(10)5-8/h3-4,8-10H,1-2,5-7H2,(H,15,16)(H,18,19). The second-order valence-electron chi connectivity index (χ2n) is 5.94. The van der Waals surface area contributed by atoms with Crippen molar-refractivity contribution >= 4 is 17.5 Å². The van der Waals surface area contributed by atoms with E-state index in [1.165, 1.54) is 25.3 Å². The van der Waals surface area contributed by atoms with Gasteiger partial charge in [-0.15, -0.1) is 0 Å². The molecule has 112 valence electrons. The van der Waals surface area contributed by atoms with Crippen molar-refractivity contribution in [3.05, 3.63) is 27.9 Å². The van der Waals surface area contributed by atoms with Crippen molar-refractivity contribution in [3.8, 4) is 0 Å². The number of carboxylic acid groups (broad SMARTS) is 1. The molecule has 2 aliphatic carbocycles. The first kappa shape index (κ1) is 13.8. The predicted molar refractivity (Wildman–Crippen MR) is 75.3 cm³/mol. The zero-order valence-corrected chi connectivity index (χ0v) is 11.5. The molecule has 7 heteroatoms. The van der Waals surface area contributed by atoms with Gasteiger partial charge >= 0.3 is 11.7 Å². The maximum absolute atomic E-state index is 11.0. The van der Waals surface area contributed by atoms with Crippen LogP contribution in [0.2, 0.25) is 0 Å². The van der Waals surface area contributed by atoms with Gasteiger partial charge in [0.15, 0.2) is 5.69 Å². The molecule has 0 amide bonds. The Hall–Kier alpha value is -2.18. The third-order valence-electron chi connectivity index (χ3n) is 4.71. The van der Waals surface area contributed by atoms with Gasteiger partial charge in [-0.3, -0.25) is 10.1 Å². The lowest BCUT2D eigenvalue weighted by Gasteiger charge is -2.22. The molecule has 21 heavy (non-hydrogen) atoms. The molecule has 0 radical (unpaired) electrons. The van der Waals surface area contributed by atoms with Gasteiger partial charge in [-0.25, -0.2) is 9.78 Å². The van der Waals surface area contributed by atoms with Crippen molar-refractivity contribution in [2.45, 2.75) is 25.7 Å². The number of carbonyl (C=O) groups is 1. The van der Waals surface area contributed by atoms with Gasteiger partial charge in [0.2, 0.25) is 5.82 Å². The van der Waals surface area contributed by atoms with Gasteiger partial charge in [0.1, 0.15) is 0 Å². The first-order valence-electron chi connectivity index (χ1n) is 7.17. The molecule has 2 bridgehead atoms. The molecule has 0 aromatic carbocycles. The van der Waals surface area contributed by atoms with Crippen LogP contribution in [0.1, 0.15) is 36.2 Å². The van der Waals surface area contributed by atoms with Crippen molar-refractivity contribution in [1.29, 1.82) is 0 Å². The van der Waals surface area contributed by atoms with E-state index in [9.17, 15) is 14.9 Å². The fourth-order valence-electron chi connectivity index (χ4n) is 3.70. The molecule has 2 saturated carbocycles. The highest BCUT2D eigenvalue weighted by molar-refractivity contribution is 5.86. The summed E-state index contributed by atoms with van der Waals surface area (Å²) in [6.45, 7) is 0.623. The van der Waals surface area contributed by atoms with E-state index in [1.54, 1.807) is 0 Å². The lowest BCUT2D eigenvalue weighted by atomic mass is 9.89. The zero-order chi connectivity index (χ0) is 15.0. The number of nitro groups is 1. The van der Waals surface area contributed by atoms with E-state index < -0.39 is 10.9 Å². The van der Waals surface area contributed by atoms with Crippen LogP contribution in [0.25, 0.3) is 0 Å². The lowest BCUT2D eigenvalue weighted by Crippen LogP contribution is -2.21. The van der Waals surface area contributed by atoms with Gasteiger partial charge in [0, 0.05) is 12.6 Å². The molecule has 0 saturated heterocycles. The van der Waals surface area contributed by atoms with Crippen molar-refractivity contribution in [1.82, 2.24) is 4.98 Å². The Morgan fingerprint density at radius 2 is 2.24 bits per heavy atom. The van der Waals surface area contributed by atoms with Crippen LogP contribution in [0.4, 0.5) is 11.5 Å². The molecule has 1 aromatic heterocycles. The molecule has 3 atom stereocenters. The fourth-order valence-corrected chi connectivity index (χ4v) is 3.70. The van der Waals surface area contributed by atoms with Gasteiger partial charge in [-0.1, -0.05) is 6.42 Å². The zero-order valence-electron chi connectivity index (χ0n) is 11.5. The van der Waals surface area contributed by atoms with Crippen LogP contribution < -0.4 is 5.32 Å². The number of fused-ring (bicyclic) bond motifs is 2. The topological polar surface area (TPSA) is 105 Å². The maximum Gasteiger partial charge on any atom is 0.354 e. The average Bonchev–Trinajstić information content (AvgIpc) is 3.07. The van der Waals surface area contributed by atoms with Crippen molar-refractivity contribution in [2.24, 2.45) is 17.8 Å². The second-order valence-corrected chi connectivity index (χ2v) is 5.94. The largest absolute Gasteiger partial charge is 0.477 e. The molecule has 0 spiro atoms. The molecule has 0 aliphatic heterocycles. The molecule has 3 unspecified atom stereocenters. The van der Waals surface area contributed by atoms with Crippen LogP contribution >= 0.6 is 0 Å². The molecule has 1 heterocycles. The molecular weight excluding hydrogens is 274 g/mol. The maximum atomic E-state index is 11.0. The van der Waals surface area contributed by atoms with E-state index in [1.807, 2.05) is 0 Å². The van der Waals surface area contributed by atoms with Gasteiger partial charge in [0.05, 0.1) is 4.92 Å². The Bertz CT molecular complexity index is 590. The number of hydrogen-bond acceptors (Lipinski definition) is 5. The Balaban J connectivity index is 1.75. The molecule has 2 fully saturated rings. The van der Waals surface area contributed by atoms with Crippen LogP contribution in [-0.2, 0) is 0 Å². The number of hydrogen-bond donors (Lipinski definition) is 2. The first-order valence-corrected chi connectivity index (χ1v) is 7.17. The minimum Gasteiger partial charge on any atom is -0.477 e. The van der Waals surface area contributed by atoms with Crippen LogP contribution in [-0.4, -0.2) is 27.5 Å². The fraction of sp³-hybridized carbons (Fsp3) is 0.571. The lowest BCUT2D eigenvalue weighted by molar-refractivity contribution is -0.384. The number of nitrogens with zero attached hydrogens (tertiary/aromatic N) is 2. The summed E-state index contributed by atoms with van der Waals surface area (Å²) in [6, 6.07) is 2.35. The first-order chi connectivity index (χ1) is 10.0. The summed E-state index contributed by atoms with van der Waals surface area (Å²) in [7, 11) is 0. The highest BCUT2D eigenvalue weighted by atomic mass is 16.6. The summed E-state index contributed by atoms with van der Waals surface area (Å²) in [5.74, 6) is 0.883. The van der Waals surface area contributed by atoms with Crippen LogP contribution in [0.5, 0.6) is 0 Å². The van der Waals surface area contributed by atoms with Crippen LogP contribution in [0.15, 0.2) is 12.1 Å². The van der Waals surface area contributed by atoms with Crippen molar-refractivity contribution in [2.75, 3.05) is 11.9 Å². The molecule has 2 N–H and O–H groups in total. The number of anilines is 1. The van der Waals surface area contributed by atoms with Gasteiger partial charge in [0.25, 0.3) is 0 Å². The number of rotatable bonds is 5. The molecular formula is C14H17N3O4. The van der Waals surface area contributed by atoms with Crippen molar-refractivity contribution < 1.29 is 14.8 Å². The summed E-state index contributed by atoms with van der Waals surface area (Å²) in [5, 5.41) is 22.9. The highest BCUT2D eigenvalue weighted by Gasteiger charge is 2.39. The van der Waals surface area contributed by atoms with E-state index in [0.717, 1.165) is 18.4 Å². The van der Waals surface area contributed by atoms with E-state index in [0.29, 0.717) is 18.4 Å². The molecule has 3 rings (SSSR count). The van der Waals surface area contributed by atoms with Crippen molar-refractivity contribution in [3.63, 3.8) is 0 Å². The third-order valence-corrected chi connectivity index (χ3v) is 4.71. The van der Waals surface area contributed by atoms with Gasteiger partial charge < -0.3 is 10.4 Å². The summed E-state index contributed by atoms with van der Waals surface area (Å²) < 4.78 is 0. The molecule has 1 aromatic rings. The van der Waals surface area contributed by atoms with E-state index >= 15 is 0 Å². The van der Waals surface area contributed by atoms with Gasteiger partial charge in [-0.2, -0.15) is 0 Å². The summed E-state index contributed by atoms with van der Waals surface area (Å²) >= 11 is 0. The van der Waals surface area contributed by atoms with E-state index in [2.05, 4.69) is 10.3 Å². The second kappa shape index (κ2) is 5.31. The smallest absolute Gasteiger partial charge is 0.354 e. The Labute approximate surface area is 121 Å². The SMILES string of the molecule is O=C(O)c1ccc([N+](=O)[O-])c(NCC2CC3CCC2C3)n1. The predicted octanol–water partition coefficient (Wildman–Crippen LogP) is 2.54. The minimum atomic E-state index is -1.19. The normalized spacial score (nSPS) is 26.8. The summed E-state index contributed by atoms with van der Waals surface area (Å²) in [5.41, 5.74) is -0.362. The number of aromatic nitrogens is 1. The van der Waals surface area contributed by atoms with E-state index in [4.69, 9.17) is 5.11 Å². The highest BCUT2D eigenvalue weighted by Crippen LogP contribution is 2.48. The number of aromatic carboxylic acids is 1. The van der Waals surface area contributed by atoms with E-state index in [-0.39, 0.29) is 17.2 Å². The number of nitrogens with one attached hydrogen (secondary N) is 1. The third kappa shape index (κ3) is 2.68. The Kier molecular flexibility index (Phi) is 3.48. The monoisotopic (exact) mass is 291 g/mol. The average molecular weight is 291 g/mol. The number of pyridine rings is 1. The molecule has 2 aliphatic rings. The summed E-state index contributed by atoms with van der Waals surface area (Å²) in [4.78, 5) is 25.3. The van der Waals surface area contributed by atoms with Gasteiger partial charge in [-0.05, 0) is 43.1 Å². The Morgan fingerprint density at radius 1 is 1.43 bits per heavy atom. The van der Waals surface area contributed by atoms with Crippen LogP contribution in [0.3, 0.4) is 0 Å². The van der Waals surface area contributed by atoms with Crippen LogP contribution in [0, 0.1) is 27.9 Å².